The van der Waals surface area contributed by atoms with Crippen LogP contribution in [0.1, 0.15) is 60.8 Å². The van der Waals surface area contributed by atoms with E-state index >= 15 is 0 Å². The monoisotopic (exact) mass is 544 g/mol. The van der Waals surface area contributed by atoms with Crippen LogP contribution in [0, 0.1) is 11.8 Å². The summed E-state index contributed by atoms with van der Waals surface area (Å²) in [5.41, 5.74) is 1.94. The molecule has 2 amide bonds. The molecule has 8 nitrogen and oxygen atoms in total. The highest BCUT2D eigenvalue weighted by molar-refractivity contribution is 5.91. The number of benzene rings is 1. The summed E-state index contributed by atoms with van der Waals surface area (Å²) in [5, 5.41) is 2.98. The predicted molar refractivity (Wildman–Crippen MR) is 143 cm³/mol. The van der Waals surface area contributed by atoms with Crippen molar-refractivity contribution in [2.24, 2.45) is 11.8 Å². The van der Waals surface area contributed by atoms with Gasteiger partial charge in [0.2, 0.25) is 5.91 Å². The van der Waals surface area contributed by atoms with E-state index in [2.05, 4.69) is 22.1 Å². The van der Waals surface area contributed by atoms with Gasteiger partial charge in [-0.05, 0) is 67.5 Å². The Hall–Kier alpha value is -3.27. The van der Waals surface area contributed by atoms with Crippen LogP contribution in [0.2, 0.25) is 0 Å². The molecule has 0 radical (unpaired) electrons. The lowest BCUT2D eigenvalue weighted by Gasteiger charge is -2.27. The molecule has 1 aromatic heterocycles. The summed E-state index contributed by atoms with van der Waals surface area (Å²) in [7, 11) is 3.34. The van der Waals surface area contributed by atoms with Crippen molar-refractivity contribution in [2.75, 3.05) is 33.8 Å². The number of likely N-dealkylation sites (N-methyl/N-ethyl adjacent to an activating group) is 1. The molecule has 1 saturated heterocycles. The van der Waals surface area contributed by atoms with Crippen LogP contribution in [-0.4, -0.2) is 73.0 Å². The fourth-order valence-electron chi connectivity index (χ4n) is 5.08. The van der Waals surface area contributed by atoms with Gasteiger partial charge in [-0.2, -0.15) is 8.78 Å². The predicted octanol–water partition coefficient (Wildman–Crippen LogP) is 4.30. The van der Waals surface area contributed by atoms with E-state index in [0.29, 0.717) is 29.7 Å². The van der Waals surface area contributed by atoms with Crippen molar-refractivity contribution >= 4 is 11.8 Å². The summed E-state index contributed by atoms with van der Waals surface area (Å²) < 4.78 is 36.5. The Labute approximate surface area is 228 Å². The number of pyridine rings is 1. The molecule has 0 spiro atoms. The smallest absolute Gasteiger partial charge is 0.387 e. The number of aromatic nitrogens is 1. The van der Waals surface area contributed by atoms with Gasteiger partial charge in [-0.3, -0.25) is 14.5 Å². The molecule has 10 heteroatoms. The van der Waals surface area contributed by atoms with Gasteiger partial charge in [-0.1, -0.05) is 26.0 Å². The van der Waals surface area contributed by atoms with Gasteiger partial charge in [0.05, 0.1) is 24.8 Å². The third-order valence-corrected chi connectivity index (χ3v) is 7.55. The number of likely N-dealkylation sites (tertiary alicyclic amines) is 1. The summed E-state index contributed by atoms with van der Waals surface area (Å²) in [4.78, 5) is 33.5. The largest absolute Gasteiger partial charge is 0.489 e. The molecular formula is C29H38F2N4O4. The van der Waals surface area contributed by atoms with E-state index in [9.17, 15) is 18.4 Å². The van der Waals surface area contributed by atoms with Crippen molar-refractivity contribution in [3.8, 4) is 11.5 Å². The van der Waals surface area contributed by atoms with Crippen LogP contribution in [0.25, 0.3) is 0 Å². The van der Waals surface area contributed by atoms with Crippen LogP contribution < -0.4 is 14.8 Å². The molecule has 1 N–H and O–H groups in total. The van der Waals surface area contributed by atoms with Crippen molar-refractivity contribution in [2.45, 2.75) is 58.2 Å². The van der Waals surface area contributed by atoms with Crippen molar-refractivity contribution in [3.63, 3.8) is 0 Å². The number of ether oxygens (including phenoxy) is 2. The summed E-state index contributed by atoms with van der Waals surface area (Å²) in [6.45, 7) is 3.34. The number of carbonyl (C=O) groups excluding carboxylic acids is 2. The number of halogens is 2. The van der Waals surface area contributed by atoms with Crippen molar-refractivity contribution in [1.82, 2.24) is 20.1 Å². The Morgan fingerprint density at radius 3 is 2.62 bits per heavy atom. The third-order valence-electron chi connectivity index (χ3n) is 7.55. The van der Waals surface area contributed by atoms with E-state index in [-0.39, 0.29) is 42.0 Å². The molecule has 2 fully saturated rings. The minimum Gasteiger partial charge on any atom is -0.489 e. The number of hydrogen-bond acceptors (Lipinski definition) is 6. The lowest BCUT2D eigenvalue weighted by molar-refractivity contribution is -0.126. The molecule has 39 heavy (non-hydrogen) atoms. The summed E-state index contributed by atoms with van der Waals surface area (Å²) in [5.74, 6) is 0.443. The second-order valence-corrected chi connectivity index (χ2v) is 10.6. The van der Waals surface area contributed by atoms with Crippen LogP contribution in [0.4, 0.5) is 8.78 Å². The van der Waals surface area contributed by atoms with Gasteiger partial charge in [-0.25, -0.2) is 4.98 Å². The number of nitrogens with one attached hydrogen (secondary N) is 1. The number of nitrogens with zero attached hydrogens (tertiary/aromatic N) is 3. The molecule has 212 valence electrons. The topological polar surface area (TPSA) is 84.0 Å². The third kappa shape index (κ3) is 7.44. The fourth-order valence-corrected chi connectivity index (χ4v) is 5.08. The Morgan fingerprint density at radius 1 is 1.18 bits per heavy atom. The molecule has 3 atom stereocenters. The van der Waals surface area contributed by atoms with Crippen LogP contribution in [0.15, 0.2) is 36.4 Å². The SMILES string of the molecule is CCN1CC(c2ccc(OC(F)F)c(OCC3CC3)c2)C[C@@H]1[C@@H](C)C(=O)NCc1cccc(C(=O)N(C)C)n1. The molecule has 0 bridgehead atoms. The van der Waals surface area contributed by atoms with Gasteiger partial charge in [0.25, 0.3) is 5.91 Å². The highest BCUT2D eigenvalue weighted by atomic mass is 19.3. The van der Waals surface area contributed by atoms with Gasteiger partial charge in [-0.15, -0.1) is 0 Å². The Bertz CT molecular complexity index is 1160. The normalized spacial score (nSPS) is 20.1. The van der Waals surface area contributed by atoms with E-state index in [0.717, 1.165) is 37.9 Å². The summed E-state index contributed by atoms with van der Waals surface area (Å²) in [6.07, 6.45) is 2.94. The molecule has 1 aliphatic carbocycles. The first kappa shape index (κ1) is 28.7. The first-order valence-electron chi connectivity index (χ1n) is 13.6. The summed E-state index contributed by atoms with van der Waals surface area (Å²) >= 11 is 0. The molecule has 1 unspecified atom stereocenters. The molecule has 1 aromatic carbocycles. The van der Waals surface area contributed by atoms with Crippen LogP contribution in [0.3, 0.4) is 0 Å². The minimum absolute atomic E-state index is 0.0161. The zero-order chi connectivity index (χ0) is 28.1. The molecular weight excluding hydrogens is 506 g/mol. The Kier molecular flexibility index (Phi) is 9.37. The molecule has 1 aliphatic heterocycles. The number of rotatable bonds is 12. The zero-order valence-electron chi connectivity index (χ0n) is 23.0. The molecule has 4 rings (SSSR count). The van der Waals surface area contributed by atoms with Gasteiger partial charge in [0, 0.05) is 26.7 Å². The van der Waals surface area contributed by atoms with Crippen LogP contribution in [0.5, 0.6) is 11.5 Å². The second-order valence-electron chi connectivity index (χ2n) is 10.6. The average Bonchev–Trinajstić information content (AvgIpc) is 3.66. The zero-order valence-corrected chi connectivity index (χ0v) is 23.0. The quantitative estimate of drug-likeness (QED) is 0.429. The van der Waals surface area contributed by atoms with E-state index in [1.54, 1.807) is 38.4 Å². The van der Waals surface area contributed by atoms with Gasteiger partial charge >= 0.3 is 6.61 Å². The highest BCUT2D eigenvalue weighted by Gasteiger charge is 2.38. The van der Waals surface area contributed by atoms with Crippen molar-refractivity contribution in [1.29, 1.82) is 0 Å². The lowest BCUT2D eigenvalue weighted by Crippen LogP contribution is -2.42. The maximum absolute atomic E-state index is 13.1. The van der Waals surface area contributed by atoms with Gasteiger partial charge in [0.15, 0.2) is 11.5 Å². The minimum atomic E-state index is -2.92. The van der Waals surface area contributed by atoms with E-state index < -0.39 is 6.61 Å². The number of alkyl halides is 2. The van der Waals surface area contributed by atoms with Gasteiger partial charge in [0.1, 0.15) is 5.69 Å². The first-order chi connectivity index (χ1) is 18.7. The second kappa shape index (κ2) is 12.7. The summed E-state index contributed by atoms with van der Waals surface area (Å²) in [6, 6.07) is 10.4. The molecule has 2 aromatic rings. The Balaban J connectivity index is 1.41. The average molecular weight is 545 g/mol. The van der Waals surface area contributed by atoms with Crippen LogP contribution in [-0.2, 0) is 11.3 Å². The van der Waals surface area contributed by atoms with E-state index in [4.69, 9.17) is 9.47 Å². The number of hydrogen-bond donors (Lipinski definition) is 1. The van der Waals surface area contributed by atoms with Crippen LogP contribution >= 0.6 is 0 Å². The first-order valence-corrected chi connectivity index (χ1v) is 13.6. The standard InChI is InChI=1S/C29H38F2N4O4/c1-5-35-16-21(20-11-12-25(39-29(30)31)26(14-20)38-17-19-9-10-19)13-24(35)18(2)27(36)32-15-22-7-6-8-23(33-22)28(37)34(3)4/h6-8,11-12,14,18-19,21,24,29H,5,9-10,13,15-17H2,1-4H3,(H,32,36)/t18-,21?,24-/m1/s1. The van der Waals surface area contributed by atoms with E-state index in [1.807, 2.05) is 19.1 Å². The molecule has 2 heterocycles. The molecule has 2 aliphatic rings. The van der Waals surface area contributed by atoms with E-state index in [1.165, 1.54) is 4.90 Å². The maximum Gasteiger partial charge on any atom is 0.387 e. The highest BCUT2D eigenvalue weighted by Crippen LogP contribution is 2.40. The van der Waals surface area contributed by atoms with Gasteiger partial charge < -0.3 is 19.7 Å². The lowest BCUT2D eigenvalue weighted by atomic mass is 9.91. The van der Waals surface area contributed by atoms with Crippen molar-refractivity contribution in [3.05, 3.63) is 53.3 Å². The number of carbonyl (C=O) groups is 2. The number of amides is 2. The fraction of sp³-hybridized carbons (Fsp3) is 0.552. The van der Waals surface area contributed by atoms with Crippen molar-refractivity contribution < 1.29 is 27.8 Å². The maximum atomic E-state index is 13.1. The molecule has 1 saturated carbocycles. The Morgan fingerprint density at radius 2 is 1.95 bits per heavy atom.